The van der Waals surface area contributed by atoms with E-state index in [4.69, 9.17) is 5.14 Å². The Morgan fingerprint density at radius 2 is 2.00 bits per heavy atom. The Kier molecular flexibility index (Phi) is 3.51. The van der Waals surface area contributed by atoms with Gasteiger partial charge in [0.2, 0.25) is 10.0 Å². The van der Waals surface area contributed by atoms with Crippen molar-refractivity contribution >= 4 is 15.7 Å². The molecule has 4 rings (SSSR count). The molecule has 3 atom stereocenters. The van der Waals surface area contributed by atoms with E-state index in [1.807, 2.05) is 6.07 Å². The molecule has 1 aliphatic heterocycles. The minimum atomic E-state index is -3.69. The van der Waals surface area contributed by atoms with Crippen LogP contribution in [0, 0.1) is 12.8 Å². The van der Waals surface area contributed by atoms with Gasteiger partial charge in [-0.3, -0.25) is 0 Å². The highest BCUT2D eigenvalue weighted by Gasteiger charge is 2.38. The molecule has 0 saturated carbocycles. The lowest BCUT2D eigenvalue weighted by Crippen LogP contribution is -2.29. The summed E-state index contributed by atoms with van der Waals surface area (Å²) in [6, 6.07) is 13.9. The Morgan fingerprint density at radius 1 is 1.17 bits per heavy atom. The Bertz CT molecular complexity index is 934. The SMILES string of the molecule is Cc1cccc(C2Nc3ccc(S(N)(=O)=O)cc3C3C=CCC32)c1. The maximum atomic E-state index is 11.7. The van der Waals surface area contributed by atoms with Crippen LogP contribution in [0.2, 0.25) is 0 Å². The standard InChI is InChI=1S/C19H20N2O2S/c1-12-4-2-5-13(10-12)19-16-7-3-6-15(16)17-11-14(24(20,22)23)8-9-18(17)21-19/h2-6,8-11,15-16,19,21H,7H2,1H3,(H2,20,22,23). The Labute approximate surface area is 142 Å². The van der Waals surface area contributed by atoms with Crippen LogP contribution in [-0.2, 0) is 10.0 Å². The number of nitrogens with two attached hydrogens (primary N) is 1. The van der Waals surface area contributed by atoms with Crippen LogP contribution in [0.1, 0.15) is 35.1 Å². The first-order chi connectivity index (χ1) is 11.4. The smallest absolute Gasteiger partial charge is 0.238 e. The van der Waals surface area contributed by atoms with Gasteiger partial charge in [-0.15, -0.1) is 0 Å². The van der Waals surface area contributed by atoms with Crippen molar-refractivity contribution in [3.63, 3.8) is 0 Å². The van der Waals surface area contributed by atoms with Gasteiger partial charge in [0, 0.05) is 11.6 Å². The number of hydrogen-bond donors (Lipinski definition) is 2. The molecule has 4 nitrogen and oxygen atoms in total. The van der Waals surface area contributed by atoms with E-state index in [0.717, 1.165) is 17.7 Å². The second kappa shape index (κ2) is 5.46. The predicted molar refractivity (Wildman–Crippen MR) is 95.3 cm³/mol. The van der Waals surface area contributed by atoms with E-state index >= 15 is 0 Å². The zero-order chi connectivity index (χ0) is 16.9. The summed E-state index contributed by atoms with van der Waals surface area (Å²) >= 11 is 0. The summed E-state index contributed by atoms with van der Waals surface area (Å²) in [5.74, 6) is 0.600. The van der Waals surface area contributed by atoms with Crippen molar-refractivity contribution in [2.45, 2.75) is 30.2 Å². The number of primary sulfonamides is 1. The van der Waals surface area contributed by atoms with Crippen LogP contribution in [-0.4, -0.2) is 8.42 Å². The molecule has 0 amide bonds. The topological polar surface area (TPSA) is 72.2 Å². The first-order valence-electron chi connectivity index (χ1n) is 8.10. The highest BCUT2D eigenvalue weighted by Crippen LogP contribution is 2.50. The monoisotopic (exact) mass is 340 g/mol. The maximum absolute atomic E-state index is 11.7. The molecule has 0 radical (unpaired) electrons. The fourth-order valence-electron chi connectivity index (χ4n) is 3.94. The van der Waals surface area contributed by atoms with Crippen LogP contribution >= 0.6 is 0 Å². The number of rotatable bonds is 2. The lowest BCUT2D eigenvalue weighted by atomic mass is 9.77. The highest BCUT2D eigenvalue weighted by molar-refractivity contribution is 7.89. The number of benzene rings is 2. The summed E-state index contributed by atoms with van der Waals surface area (Å²) in [6.45, 7) is 2.10. The van der Waals surface area contributed by atoms with Gasteiger partial charge in [0.25, 0.3) is 0 Å². The summed E-state index contributed by atoms with van der Waals surface area (Å²) in [4.78, 5) is 0.177. The Hall–Kier alpha value is -2.11. The van der Waals surface area contributed by atoms with E-state index in [-0.39, 0.29) is 16.9 Å². The Morgan fingerprint density at radius 3 is 2.75 bits per heavy atom. The molecule has 2 aromatic carbocycles. The van der Waals surface area contributed by atoms with Crippen molar-refractivity contribution in [3.8, 4) is 0 Å². The molecular weight excluding hydrogens is 320 g/mol. The van der Waals surface area contributed by atoms with Crippen molar-refractivity contribution in [2.24, 2.45) is 11.1 Å². The molecule has 0 fully saturated rings. The number of allylic oxidation sites excluding steroid dienone is 2. The average molecular weight is 340 g/mol. The molecule has 0 saturated heterocycles. The van der Waals surface area contributed by atoms with Crippen molar-refractivity contribution in [1.29, 1.82) is 0 Å². The van der Waals surface area contributed by atoms with Crippen molar-refractivity contribution in [1.82, 2.24) is 0 Å². The van der Waals surface area contributed by atoms with E-state index in [1.54, 1.807) is 12.1 Å². The number of sulfonamides is 1. The minimum Gasteiger partial charge on any atom is -0.378 e. The number of aryl methyl sites for hydroxylation is 1. The Balaban J connectivity index is 1.80. The van der Waals surface area contributed by atoms with Gasteiger partial charge in [0.15, 0.2) is 0 Å². The lowest BCUT2D eigenvalue weighted by Gasteiger charge is -2.37. The number of fused-ring (bicyclic) bond motifs is 3. The van der Waals surface area contributed by atoms with Crippen LogP contribution in [0.3, 0.4) is 0 Å². The summed E-state index contributed by atoms with van der Waals surface area (Å²) in [6.07, 6.45) is 5.37. The van der Waals surface area contributed by atoms with Crippen LogP contribution in [0.4, 0.5) is 5.69 Å². The minimum absolute atomic E-state index is 0.177. The lowest BCUT2D eigenvalue weighted by molar-refractivity contribution is 0.425. The van der Waals surface area contributed by atoms with Gasteiger partial charge < -0.3 is 5.32 Å². The second-order valence-corrected chi connectivity index (χ2v) is 8.25. The van der Waals surface area contributed by atoms with Crippen LogP contribution in [0.25, 0.3) is 0 Å². The molecule has 5 heteroatoms. The summed E-state index contributed by atoms with van der Waals surface area (Å²) < 4.78 is 23.3. The van der Waals surface area contributed by atoms with Crippen molar-refractivity contribution in [3.05, 3.63) is 71.3 Å². The summed E-state index contributed by atoms with van der Waals surface area (Å²) in [7, 11) is -3.69. The van der Waals surface area contributed by atoms with E-state index < -0.39 is 10.0 Å². The van der Waals surface area contributed by atoms with Crippen LogP contribution in [0.15, 0.2) is 59.5 Å². The highest BCUT2D eigenvalue weighted by atomic mass is 32.2. The van der Waals surface area contributed by atoms with E-state index in [9.17, 15) is 8.42 Å². The first kappa shape index (κ1) is 15.4. The number of hydrogen-bond acceptors (Lipinski definition) is 3. The van der Waals surface area contributed by atoms with Gasteiger partial charge in [0.05, 0.1) is 10.9 Å². The van der Waals surface area contributed by atoms with Gasteiger partial charge in [-0.25, -0.2) is 13.6 Å². The molecule has 1 aliphatic carbocycles. The average Bonchev–Trinajstić information content (AvgIpc) is 3.02. The van der Waals surface area contributed by atoms with Gasteiger partial charge in [-0.2, -0.15) is 0 Å². The fraction of sp³-hybridized carbons (Fsp3) is 0.263. The van der Waals surface area contributed by atoms with Crippen molar-refractivity contribution < 1.29 is 8.42 Å². The maximum Gasteiger partial charge on any atom is 0.238 e. The quantitative estimate of drug-likeness (QED) is 0.822. The second-order valence-electron chi connectivity index (χ2n) is 6.68. The third-order valence-corrected chi connectivity index (χ3v) is 5.98. The van der Waals surface area contributed by atoms with Crippen LogP contribution in [0.5, 0.6) is 0 Å². The number of nitrogens with one attached hydrogen (secondary N) is 1. The molecule has 124 valence electrons. The largest absolute Gasteiger partial charge is 0.378 e. The molecule has 3 unspecified atom stereocenters. The normalized spacial score (nSPS) is 25.0. The molecule has 2 aliphatic rings. The number of anilines is 1. The van der Waals surface area contributed by atoms with Gasteiger partial charge >= 0.3 is 0 Å². The predicted octanol–water partition coefficient (Wildman–Crippen LogP) is 3.47. The fourth-order valence-corrected chi connectivity index (χ4v) is 4.49. The molecule has 3 N–H and O–H groups in total. The van der Waals surface area contributed by atoms with Gasteiger partial charge in [-0.05, 0) is 48.6 Å². The van der Waals surface area contributed by atoms with E-state index in [2.05, 4.69) is 48.7 Å². The zero-order valence-corrected chi connectivity index (χ0v) is 14.3. The molecule has 0 aromatic heterocycles. The van der Waals surface area contributed by atoms with Crippen LogP contribution < -0.4 is 10.5 Å². The summed E-state index contributed by atoms with van der Waals surface area (Å²) in [5, 5.41) is 8.91. The van der Waals surface area contributed by atoms with E-state index in [1.165, 1.54) is 11.1 Å². The van der Waals surface area contributed by atoms with Crippen molar-refractivity contribution in [2.75, 3.05) is 5.32 Å². The molecule has 1 heterocycles. The van der Waals surface area contributed by atoms with Gasteiger partial charge in [0.1, 0.15) is 0 Å². The van der Waals surface area contributed by atoms with E-state index in [0.29, 0.717) is 5.92 Å². The molecule has 2 aromatic rings. The molecule has 24 heavy (non-hydrogen) atoms. The molecule has 0 spiro atoms. The first-order valence-corrected chi connectivity index (χ1v) is 9.64. The molecular formula is C19H20N2O2S. The summed E-state index contributed by atoms with van der Waals surface area (Å²) in [5.41, 5.74) is 4.52. The third-order valence-electron chi connectivity index (χ3n) is 5.06. The third kappa shape index (κ3) is 2.54. The zero-order valence-electron chi connectivity index (χ0n) is 13.4. The molecule has 0 bridgehead atoms. The van der Waals surface area contributed by atoms with Gasteiger partial charge in [-0.1, -0.05) is 42.0 Å².